The summed E-state index contributed by atoms with van der Waals surface area (Å²) in [5, 5.41) is 11.0. The highest BCUT2D eigenvalue weighted by Gasteiger charge is 2.18. The third kappa shape index (κ3) is 6.58. The fourth-order valence-electron chi connectivity index (χ4n) is 3.68. The van der Waals surface area contributed by atoms with Crippen molar-refractivity contribution in [2.24, 2.45) is 0 Å². The topological polar surface area (TPSA) is 23.5 Å². The molecule has 0 aliphatic rings. The molecule has 3 aromatic rings. The molecule has 0 bridgehead atoms. The van der Waals surface area contributed by atoms with Gasteiger partial charge in [0.2, 0.25) is 0 Å². The predicted molar refractivity (Wildman–Crippen MR) is 123 cm³/mol. The summed E-state index contributed by atoms with van der Waals surface area (Å²) in [5.41, 5.74) is 3.54. The molecule has 2 nitrogen and oxygen atoms in total. The van der Waals surface area contributed by atoms with Crippen LogP contribution < -0.4 is 0 Å². The lowest BCUT2D eigenvalue weighted by Crippen LogP contribution is -2.29. The van der Waals surface area contributed by atoms with Gasteiger partial charge >= 0.3 is 0 Å². The van der Waals surface area contributed by atoms with Crippen LogP contribution in [0.5, 0.6) is 0 Å². The number of nitrogens with zero attached hydrogens (tertiary/aromatic N) is 1. The highest BCUT2D eigenvalue weighted by molar-refractivity contribution is 6.36. The van der Waals surface area contributed by atoms with Crippen LogP contribution in [0.2, 0.25) is 10.0 Å². The van der Waals surface area contributed by atoms with E-state index in [1.807, 2.05) is 30.3 Å². The molecule has 0 fully saturated rings. The van der Waals surface area contributed by atoms with Crippen LogP contribution in [0.1, 0.15) is 29.0 Å². The van der Waals surface area contributed by atoms with Crippen molar-refractivity contribution in [1.82, 2.24) is 4.90 Å². The maximum Gasteiger partial charge on any atom is 0.0558 e. The molecular weight excluding hydrogens is 401 g/mol. The van der Waals surface area contributed by atoms with Gasteiger partial charge in [0, 0.05) is 23.1 Å². The van der Waals surface area contributed by atoms with Gasteiger partial charge in [0.15, 0.2) is 0 Å². The highest BCUT2D eigenvalue weighted by Crippen LogP contribution is 2.32. The first-order valence-corrected chi connectivity index (χ1v) is 10.8. The molecule has 0 aromatic heterocycles. The van der Waals surface area contributed by atoms with Gasteiger partial charge < -0.3 is 5.11 Å². The van der Waals surface area contributed by atoms with Gasteiger partial charge in [-0.2, -0.15) is 0 Å². The van der Waals surface area contributed by atoms with Gasteiger partial charge in [-0.3, -0.25) is 4.90 Å². The summed E-state index contributed by atoms with van der Waals surface area (Å²) in [7, 11) is 0. The lowest BCUT2D eigenvalue weighted by Gasteiger charge is -2.25. The molecule has 4 heteroatoms. The fourth-order valence-corrected chi connectivity index (χ4v) is 4.23. The second kappa shape index (κ2) is 11.4. The normalized spacial score (nSPS) is 12.3. The third-order valence-electron chi connectivity index (χ3n) is 5.24. The molecule has 29 heavy (non-hydrogen) atoms. The van der Waals surface area contributed by atoms with Crippen LogP contribution in [-0.2, 0) is 13.0 Å². The Morgan fingerprint density at radius 2 is 1.38 bits per heavy atom. The Hall–Kier alpha value is -1.84. The van der Waals surface area contributed by atoms with E-state index in [0.29, 0.717) is 12.5 Å². The average molecular weight is 428 g/mol. The van der Waals surface area contributed by atoms with Crippen molar-refractivity contribution < 1.29 is 5.11 Å². The molecule has 3 rings (SSSR count). The molecule has 0 aliphatic carbocycles. The van der Waals surface area contributed by atoms with Crippen molar-refractivity contribution in [1.29, 1.82) is 0 Å². The summed E-state index contributed by atoms with van der Waals surface area (Å²) in [5.74, 6) is 0.297. The Morgan fingerprint density at radius 3 is 2.00 bits per heavy atom. The zero-order valence-electron chi connectivity index (χ0n) is 16.5. The molecule has 0 radical (unpaired) electrons. The highest BCUT2D eigenvalue weighted by atomic mass is 35.5. The quantitative estimate of drug-likeness (QED) is 0.415. The second-order valence-electron chi connectivity index (χ2n) is 7.29. The SMILES string of the molecule is OCCN(CC[C@@H](Cc1c(Cl)cccc1Cl)c1ccccc1)Cc1ccccc1. The molecule has 0 saturated carbocycles. The molecule has 0 spiro atoms. The molecule has 1 atom stereocenters. The Kier molecular flexibility index (Phi) is 8.57. The van der Waals surface area contributed by atoms with Gasteiger partial charge in [0.1, 0.15) is 0 Å². The molecule has 0 amide bonds. The smallest absolute Gasteiger partial charge is 0.0558 e. The molecule has 1 N–H and O–H groups in total. The van der Waals surface area contributed by atoms with E-state index in [0.717, 1.165) is 41.5 Å². The van der Waals surface area contributed by atoms with Gasteiger partial charge in [0.05, 0.1) is 6.61 Å². The van der Waals surface area contributed by atoms with Crippen molar-refractivity contribution in [2.75, 3.05) is 19.7 Å². The number of aliphatic hydroxyl groups is 1. The minimum absolute atomic E-state index is 0.152. The van der Waals surface area contributed by atoms with Gasteiger partial charge in [-0.05, 0) is 54.1 Å². The van der Waals surface area contributed by atoms with E-state index in [1.165, 1.54) is 11.1 Å². The largest absolute Gasteiger partial charge is 0.395 e. The van der Waals surface area contributed by atoms with E-state index in [1.54, 1.807) is 0 Å². The van der Waals surface area contributed by atoms with Crippen LogP contribution in [0, 0.1) is 0 Å². The zero-order valence-corrected chi connectivity index (χ0v) is 18.0. The molecule has 0 saturated heterocycles. The van der Waals surface area contributed by atoms with Crippen LogP contribution >= 0.6 is 23.2 Å². The summed E-state index contributed by atoms with van der Waals surface area (Å²) in [4.78, 5) is 2.31. The van der Waals surface area contributed by atoms with Crippen LogP contribution in [0.15, 0.2) is 78.9 Å². The van der Waals surface area contributed by atoms with Crippen molar-refractivity contribution in [3.63, 3.8) is 0 Å². The van der Waals surface area contributed by atoms with Crippen LogP contribution in [0.25, 0.3) is 0 Å². The van der Waals surface area contributed by atoms with E-state index in [-0.39, 0.29) is 6.61 Å². The first-order chi connectivity index (χ1) is 14.2. The van der Waals surface area contributed by atoms with E-state index in [4.69, 9.17) is 23.2 Å². The molecule has 152 valence electrons. The van der Waals surface area contributed by atoms with Crippen molar-refractivity contribution in [2.45, 2.75) is 25.3 Å². The summed E-state index contributed by atoms with van der Waals surface area (Å²) in [6.07, 6.45) is 1.75. The van der Waals surface area contributed by atoms with E-state index in [2.05, 4.69) is 53.4 Å². The number of benzene rings is 3. The fraction of sp³-hybridized carbons (Fsp3) is 0.280. The van der Waals surface area contributed by atoms with Gasteiger partial charge in [-0.15, -0.1) is 0 Å². The van der Waals surface area contributed by atoms with Crippen molar-refractivity contribution in [3.05, 3.63) is 106 Å². The average Bonchev–Trinajstić information content (AvgIpc) is 2.74. The minimum Gasteiger partial charge on any atom is -0.395 e. The molecule has 0 heterocycles. The second-order valence-corrected chi connectivity index (χ2v) is 8.10. The molecule has 0 aliphatic heterocycles. The van der Waals surface area contributed by atoms with E-state index >= 15 is 0 Å². The monoisotopic (exact) mass is 427 g/mol. The van der Waals surface area contributed by atoms with Gasteiger partial charge in [0.25, 0.3) is 0 Å². The van der Waals surface area contributed by atoms with Crippen molar-refractivity contribution in [3.8, 4) is 0 Å². The Morgan fingerprint density at radius 1 is 0.759 bits per heavy atom. The van der Waals surface area contributed by atoms with Gasteiger partial charge in [-0.1, -0.05) is 89.9 Å². The number of halogens is 2. The van der Waals surface area contributed by atoms with E-state index in [9.17, 15) is 5.11 Å². The van der Waals surface area contributed by atoms with Gasteiger partial charge in [-0.25, -0.2) is 0 Å². The molecule has 3 aromatic carbocycles. The zero-order chi connectivity index (χ0) is 20.5. The summed E-state index contributed by atoms with van der Waals surface area (Å²) >= 11 is 12.9. The van der Waals surface area contributed by atoms with Crippen LogP contribution in [0.3, 0.4) is 0 Å². The Labute approximate surface area is 183 Å². The van der Waals surface area contributed by atoms with Crippen LogP contribution in [-0.4, -0.2) is 29.7 Å². The Bertz CT molecular complexity index is 850. The van der Waals surface area contributed by atoms with Crippen LogP contribution in [0.4, 0.5) is 0 Å². The maximum absolute atomic E-state index is 9.53. The van der Waals surface area contributed by atoms with Crippen molar-refractivity contribution >= 4 is 23.2 Å². The number of aliphatic hydroxyl groups excluding tert-OH is 1. The molecular formula is C25H27Cl2NO. The number of hydrogen-bond donors (Lipinski definition) is 1. The number of rotatable bonds is 10. The number of hydrogen-bond acceptors (Lipinski definition) is 2. The summed E-state index contributed by atoms with van der Waals surface area (Å²) in [6, 6.07) is 26.6. The summed E-state index contributed by atoms with van der Waals surface area (Å²) < 4.78 is 0. The lowest BCUT2D eigenvalue weighted by molar-refractivity contribution is 0.185. The predicted octanol–water partition coefficient (Wildman–Crippen LogP) is 6.20. The van der Waals surface area contributed by atoms with E-state index < -0.39 is 0 Å². The lowest BCUT2D eigenvalue weighted by atomic mass is 9.89. The molecule has 0 unspecified atom stereocenters. The standard InChI is InChI=1S/C25H27Cl2NO/c26-24-12-7-13-25(27)23(24)18-22(21-10-5-2-6-11-21)14-15-28(16-17-29)19-20-8-3-1-4-9-20/h1-13,22,29H,14-19H2/t22-/m0/s1. The maximum atomic E-state index is 9.53. The first-order valence-electron chi connectivity index (χ1n) is 10.0. The minimum atomic E-state index is 0.152. The summed E-state index contributed by atoms with van der Waals surface area (Å²) in [6.45, 7) is 2.52. The third-order valence-corrected chi connectivity index (χ3v) is 5.95. The Balaban J connectivity index is 1.75. The first kappa shape index (κ1) is 21.9.